The summed E-state index contributed by atoms with van der Waals surface area (Å²) in [5.41, 5.74) is 0.573. The number of ether oxygens (including phenoxy) is 1. The van der Waals surface area contributed by atoms with Gasteiger partial charge in [0.15, 0.2) is 0 Å². The number of amides is 1. The molecular weight excluding hydrogens is 386 g/mol. The Bertz CT molecular complexity index is 717. The second-order valence-electron chi connectivity index (χ2n) is 6.64. The minimum absolute atomic E-state index is 0.0569. The summed E-state index contributed by atoms with van der Waals surface area (Å²) < 4.78 is 33.0. The molecule has 1 amide bonds. The summed E-state index contributed by atoms with van der Waals surface area (Å²) in [4.78, 5) is 12.2. The normalized spacial score (nSPS) is 16.4. The molecule has 1 aromatic carbocycles. The van der Waals surface area contributed by atoms with Crippen molar-refractivity contribution >= 4 is 27.9 Å². The van der Waals surface area contributed by atoms with E-state index in [0.29, 0.717) is 43.8 Å². The van der Waals surface area contributed by atoms with Crippen LogP contribution in [-0.4, -0.2) is 74.8 Å². The maximum absolute atomic E-state index is 12.2. The molecule has 0 aromatic heterocycles. The Morgan fingerprint density at radius 1 is 1.33 bits per heavy atom. The lowest BCUT2D eigenvalue weighted by Crippen LogP contribution is -2.46. The van der Waals surface area contributed by atoms with Crippen molar-refractivity contribution in [2.45, 2.75) is 25.4 Å². The van der Waals surface area contributed by atoms with Crippen molar-refractivity contribution in [3.8, 4) is 5.75 Å². The third kappa shape index (κ3) is 6.38. The van der Waals surface area contributed by atoms with Crippen molar-refractivity contribution in [2.24, 2.45) is 0 Å². The molecule has 1 N–H and O–H groups in total. The van der Waals surface area contributed by atoms with Gasteiger partial charge in [-0.05, 0) is 49.5 Å². The minimum atomic E-state index is -3.37. The highest BCUT2D eigenvalue weighted by molar-refractivity contribution is 7.98. The van der Waals surface area contributed by atoms with Crippen LogP contribution in [0.3, 0.4) is 0 Å². The van der Waals surface area contributed by atoms with E-state index in [2.05, 4.69) is 5.32 Å². The van der Waals surface area contributed by atoms with Crippen molar-refractivity contribution in [3.05, 3.63) is 29.8 Å². The van der Waals surface area contributed by atoms with Crippen LogP contribution in [0, 0.1) is 0 Å². The van der Waals surface area contributed by atoms with Crippen LogP contribution < -0.4 is 10.1 Å². The number of piperidine rings is 1. The first-order chi connectivity index (χ1) is 12.8. The van der Waals surface area contributed by atoms with Gasteiger partial charge in [-0.1, -0.05) is 6.07 Å². The van der Waals surface area contributed by atoms with Gasteiger partial charge in [0.25, 0.3) is 16.1 Å². The lowest BCUT2D eigenvalue weighted by molar-refractivity contribution is 0.0951. The number of thioether (sulfide) groups is 1. The molecule has 1 aliphatic heterocycles. The van der Waals surface area contributed by atoms with Crippen molar-refractivity contribution in [3.63, 3.8) is 0 Å². The Hall–Kier alpha value is -1.29. The summed E-state index contributed by atoms with van der Waals surface area (Å²) in [6.07, 6.45) is 4.18. The fourth-order valence-corrected chi connectivity index (χ4v) is 4.40. The summed E-state index contributed by atoms with van der Waals surface area (Å²) in [6, 6.07) is 7.14. The van der Waals surface area contributed by atoms with E-state index in [4.69, 9.17) is 4.74 Å². The summed E-state index contributed by atoms with van der Waals surface area (Å²) >= 11 is 1.76. The molecule has 9 heteroatoms. The van der Waals surface area contributed by atoms with Crippen molar-refractivity contribution in [1.29, 1.82) is 0 Å². The van der Waals surface area contributed by atoms with Gasteiger partial charge in [0.05, 0.1) is 0 Å². The SMILES string of the molecule is CSCCCNC(=O)c1cccc(OC2CCN(S(=O)(=O)N(C)C)CC2)c1. The van der Waals surface area contributed by atoms with Crippen LogP contribution in [0.1, 0.15) is 29.6 Å². The second kappa shape index (κ2) is 10.3. The third-order valence-electron chi connectivity index (χ3n) is 4.40. The first kappa shape index (κ1) is 22.0. The number of hydrogen-bond acceptors (Lipinski definition) is 5. The molecule has 0 radical (unpaired) electrons. The van der Waals surface area contributed by atoms with Crippen molar-refractivity contribution in [2.75, 3.05) is 45.7 Å². The van der Waals surface area contributed by atoms with Gasteiger partial charge in [-0.15, -0.1) is 0 Å². The van der Waals surface area contributed by atoms with E-state index >= 15 is 0 Å². The predicted molar refractivity (Wildman–Crippen MR) is 110 cm³/mol. The highest BCUT2D eigenvalue weighted by Gasteiger charge is 2.30. The molecule has 0 saturated carbocycles. The first-order valence-electron chi connectivity index (χ1n) is 9.06. The standard InChI is InChI=1S/C18H29N3O4S2/c1-20(2)27(23,24)21-11-8-16(9-12-21)25-17-7-4-6-15(14-17)18(22)19-10-5-13-26-3/h4,6-7,14,16H,5,8-13H2,1-3H3,(H,19,22). The van der Waals surface area contributed by atoms with E-state index in [-0.39, 0.29) is 12.0 Å². The number of hydrogen-bond donors (Lipinski definition) is 1. The van der Waals surface area contributed by atoms with Crippen LogP contribution in [0.2, 0.25) is 0 Å². The Balaban J connectivity index is 1.87. The van der Waals surface area contributed by atoms with Gasteiger partial charge in [0.1, 0.15) is 11.9 Å². The smallest absolute Gasteiger partial charge is 0.281 e. The van der Waals surface area contributed by atoms with E-state index < -0.39 is 10.2 Å². The molecule has 152 valence electrons. The van der Waals surface area contributed by atoms with E-state index in [1.165, 1.54) is 22.7 Å². The van der Waals surface area contributed by atoms with Crippen molar-refractivity contribution < 1.29 is 17.9 Å². The fourth-order valence-electron chi connectivity index (χ4n) is 2.84. The van der Waals surface area contributed by atoms with Gasteiger partial charge in [0, 0.05) is 39.3 Å². The Kier molecular flexibility index (Phi) is 8.40. The van der Waals surface area contributed by atoms with E-state index in [9.17, 15) is 13.2 Å². The van der Waals surface area contributed by atoms with E-state index in [1.54, 1.807) is 30.0 Å². The second-order valence-corrected chi connectivity index (χ2v) is 9.76. The van der Waals surface area contributed by atoms with Crippen LogP contribution >= 0.6 is 11.8 Å². The molecule has 1 aromatic rings. The Morgan fingerprint density at radius 3 is 2.67 bits per heavy atom. The van der Waals surface area contributed by atoms with Gasteiger partial charge in [-0.25, -0.2) is 0 Å². The van der Waals surface area contributed by atoms with Gasteiger partial charge in [0.2, 0.25) is 0 Å². The minimum Gasteiger partial charge on any atom is -0.490 e. The quantitative estimate of drug-likeness (QED) is 0.623. The zero-order valence-electron chi connectivity index (χ0n) is 16.2. The van der Waals surface area contributed by atoms with Crippen LogP contribution in [0.5, 0.6) is 5.75 Å². The summed E-state index contributed by atoms with van der Waals surface area (Å²) in [7, 11) is -0.296. The lowest BCUT2D eigenvalue weighted by atomic mass is 10.1. The topological polar surface area (TPSA) is 79.0 Å². The zero-order valence-corrected chi connectivity index (χ0v) is 17.8. The Labute approximate surface area is 166 Å². The number of nitrogens with zero attached hydrogens (tertiary/aromatic N) is 2. The molecule has 1 fully saturated rings. The number of benzene rings is 1. The van der Waals surface area contributed by atoms with Gasteiger partial charge in [-0.3, -0.25) is 4.79 Å². The zero-order chi connectivity index (χ0) is 19.9. The number of nitrogens with one attached hydrogen (secondary N) is 1. The fraction of sp³-hybridized carbons (Fsp3) is 0.611. The number of carbonyl (C=O) groups is 1. The maximum Gasteiger partial charge on any atom is 0.281 e. The van der Waals surface area contributed by atoms with Gasteiger partial charge >= 0.3 is 0 Å². The van der Waals surface area contributed by atoms with E-state index in [0.717, 1.165) is 12.2 Å². The van der Waals surface area contributed by atoms with Gasteiger partial charge in [-0.2, -0.15) is 28.8 Å². The molecule has 1 heterocycles. The molecule has 7 nitrogen and oxygen atoms in total. The van der Waals surface area contributed by atoms with Crippen molar-refractivity contribution in [1.82, 2.24) is 13.9 Å². The summed E-state index contributed by atoms with van der Waals surface area (Å²) in [5, 5.41) is 2.91. The highest BCUT2D eigenvalue weighted by Crippen LogP contribution is 2.22. The molecule has 1 aliphatic rings. The van der Waals surface area contributed by atoms with Gasteiger partial charge < -0.3 is 10.1 Å². The molecule has 0 spiro atoms. The molecule has 27 heavy (non-hydrogen) atoms. The molecular formula is C18H29N3O4S2. The van der Waals surface area contributed by atoms with Crippen LogP contribution in [0.25, 0.3) is 0 Å². The average molecular weight is 416 g/mol. The van der Waals surface area contributed by atoms with E-state index in [1.807, 2.05) is 12.3 Å². The lowest BCUT2D eigenvalue weighted by Gasteiger charge is -2.32. The van der Waals surface area contributed by atoms with Crippen LogP contribution in [0.4, 0.5) is 0 Å². The Morgan fingerprint density at radius 2 is 2.04 bits per heavy atom. The third-order valence-corrected chi connectivity index (χ3v) is 7.04. The molecule has 0 bridgehead atoms. The highest BCUT2D eigenvalue weighted by atomic mass is 32.2. The molecule has 2 rings (SSSR count). The molecule has 0 unspecified atom stereocenters. The molecule has 1 saturated heterocycles. The average Bonchev–Trinajstić information content (AvgIpc) is 2.65. The van der Waals surface area contributed by atoms with Crippen LogP contribution in [-0.2, 0) is 10.2 Å². The largest absolute Gasteiger partial charge is 0.490 e. The van der Waals surface area contributed by atoms with Crippen LogP contribution in [0.15, 0.2) is 24.3 Å². The molecule has 0 atom stereocenters. The number of rotatable bonds is 9. The number of carbonyl (C=O) groups excluding carboxylic acids is 1. The summed E-state index contributed by atoms with van der Waals surface area (Å²) in [5.74, 6) is 1.56. The predicted octanol–water partition coefficient (Wildman–Crippen LogP) is 1.82. The maximum atomic E-state index is 12.2. The molecule has 0 aliphatic carbocycles. The summed E-state index contributed by atoms with van der Waals surface area (Å²) in [6.45, 7) is 1.52. The monoisotopic (exact) mass is 415 g/mol. The first-order valence-corrected chi connectivity index (χ1v) is 11.8.